The Balaban J connectivity index is 3.15. The Morgan fingerprint density at radius 2 is 2.00 bits per heavy atom. The summed E-state index contributed by atoms with van der Waals surface area (Å²) in [5, 5.41) is 12.2. The Morgan fingerprint density at radius 3 is 2.53 bits per heavy atom. The molecule has 1 rings (SSSR count). The van der Waals surface area contributed by atoms with Crippen molar-refractivity contribution in [3.05, 3.63) is 18.2 Å². The molecular weight excluding hydrogens is 266 g/mol. The van der Waals surface area contributed by atoms with Crippen LogP contribution in [0.2, 0.25) is 0 Å². The second-order valence-corrected chi connectivity index (χ2v) is 6.41. The SMILES string of the molecule is CNS(=O)(=O)c1cc(N)ccc1NC(C)C(C)CO. The number of nitrogen functional groups attached to an aromatic ring is 1. The summed E-state index contributed by atoms with van der Waals surface area (Å²) in [5.74, 6) is 0.00249. The highest BCUT2D eigenvalue weighted by atomic mass is 32.2. The molecule has 2 atom stereocenters. The van der Waals surface area contributed by atoms with Gasteiger partial charge in [0.1, 0.15) is 4.90 Å². The number of aliphatic hydroxyl groups excluding tert-OH is 1. The highest BCUT2D eigenvalue weighted by molar-refractivity contribution is 7.89. The zero-order chi connectivity index (χ0) is 14.6. The molecule has 1 aromatic rings. The molecule has 0 aliphatic rings. The van der Waals surface area contributed by atoms with Gasteiger partial charge in [0.15, 0.2) is 0 Å². The van der Waals surface area contributed by atoms with Crippen LogP contribution in [0.1, 0.15) is 13.8 Å². The fourth-order valence-corrected chi connectivity index (χ4v) is 2.46. The van der Waals surface area contributed by atoms with Crippen molar-refractivity contribution in [2.24, 2.45) is 5.92 Å². The molecule has 0 spiro atoms. The van der Waals surface area contributed by atoms with Crippen LogP contribution in [0.3, 0.4) is 0 Å². The first-order chi connectivity index (χ1) is 8.81. The van der Waals surface area contributed by atoms with E-state index >= 15 is 0 Å². The van der Waals surface area contributed by atoms with E-state index in [0.717, 1.165) is 0 Å². The van der Waals surface area contributed by atoms with E-state index < -0.39 is 10.0 Å². The summed E-state index contributed by atoms with van der Waals surface area (Å²) in [6.07, 6.45) is 0. The largest absolute Gasteiger partial charge is 0.399 e. The van der Waals surface area contributed by atoms with E-state index in [4.69, 9.17) is 10.8 Å². The van der Waals surface area contributed by atoms with Crippen LogP contribution in [0, 0.1) is 5.92 Å². The number of rotatable bonds is 6. The summed E-state index contributed by atoms with van der Waals surface area (Å²) in [5.41, 5.74) is 6.48. The summed E-state index contributed by atoms with van der Waals surface area (Å²) in [4.78, 5) is 0.104. The molecule has 0 fully saturated rings. The average molecular weight is 287 g/mol. The number of benzene rings is 1. The fraction of sp³-hybridized carbons (Fsp3) is 0.500. The van der Waals surface area contributed by atoms with Crippen molar-refractivity contribution in [3.63, 3.8) is 0 Å². The standard InChI is InChI=1S/C12H21N3O3S/c1-8(7-16)9(2)15-11-5-4-10(13)6-12(11)19(17,18)14-3/h4-6,8-9,14-16H,7,13H2,1-3H3. The van der Waals surface area contributed by atoms with E-state index in [1.165, 1.54) is 13.1 Å². The predicted molar refractivity (Wildman–Crippen MR) is 76.4 cm³/mol. The molecule has 7 heteroatoms. The number of hydrogen-bond acceptors (Lipinski definition) is 5. The Hall–Kier alpha value is -1.31. The first kappa shape index (κ1) is 15.7. The lowest BCUT2D eigenvalue weighted by Crippen LogP contribution is -2.28. The van der Waals surface area contributed by atoms with E-state index in [0.29, 0.717) is 11.4 Å². The summed E-state index contributed by atoms with van der Waals surface area (Å²) in [7, 11) is -2.24. The Labute approximate surface area is 114 Å². The van der Waals surface area contributed by atoms with Crippen LogP contribution in [0.15, 0.2) is 23.1 Å². The highest BCUT2D eigenvalue weighted by Crippen LogP contribution is 2.25. The van der Waals surface area contributed by atoms with E-state index in [2.05, 4.69) is 10.0 Å². The van der Waals surface area contributed by atoms with Gasteiger partial charge >= 0.3 is 0 Å². The molecule has 0 saturated carbocycles. The summed E-state index contributed by atoms with van der Waals surface area (Å²) in [6.45, 7) is 3.78. The van der Waals surface area contributed by atoms with Crippen LogP contribution in [-0.4, -0.2) is 33.2 Å². The third-order valence-electron chi connectivity index (χ3n) is 3.09. The molecule has 0 aliphatic heterocycles. The second kappa shape index (κ2) is 6.23. The number of nitrogens with one attached hydrogen (secondary N) is 2. The first-order valence-corrected chi connectivity index (χ1v) is 7.50. The molecule has 0 radical (unpaired) electrons. The first-order valence-electron chi connectivity index (χ1n) is 6.02. The van der Waals surface area contributed by atoms with Gasteiger partial charge in [-0.1, -0.05) is 6.92 Å². The molecule has 0 aliphatic carbocycles. The Kier molecular flexibility index (Phi) is 5.16. The van der Waals surface area contributed by atoms with E-state index in [9.17, 15) is 8.42 Å². The topological polar surface area (TPSA) is 104 Å². The van der Waals surface area contributed by atoms with Crippen molar-refractivity contribution >= 4 is 21.4 Å². The monoisotopic (exact) mass is 287 g/mol. The lowest BCUT2D eigenvalue weighted by molar-refractivity contribution is 0.226. The maximum atomic E-state index is 11.9. The quantitative estimate of drug-likeness (QED) is 0.574. The molecule has 0 amide bonds. The smallest absolute Gasteiger partial charge is 0.242 e. The normalized spacial score (nSPS) is 14.9. The van der Waals surface area contributed by atoms with Crippen molar-refractivity contribution in [1.29, 1.82) is 0 Å². The summed E-state index contributed by atoms with van der Waals surface area (Å²) >= 11 is 0. The molecule has 0 saturated heterocycles. The molecule has 5 N–H and O–H groups in total. The molecule has 19 heavy (non-hydrogen) atoms. The van der Waals surface area contributed by atoms with E-state index in [1.807, 2.05) is 13.8 Å². The van der Waals surface area contributed by atoms with Crippen LogP contribution < -0.4 is 15.8 Å². The van der Waals surface area contributed by atoms with Gasteiger partial charge in [-0.25, -0.2) is 13.1 Å². The van der Waals surface area contributed by atoms with Gasteiger partial charge in [-0.15, -0.1) is 0 Å². The van der Waals surface area contributed by atoms with Crippen LogP contribution in [0.25, 0.3) is 0 Å². The Morgan fingerprint density at radius 1 is 1.37 bits per heavy atom. The average Bonchev–Trinajstić information content (AvgIpc) is 2.39. The van der Waals surface area contributed by atoms with Crippen LogP contribution in [0.5, 0.6) is 0 Å². The lowest BCUT2D eigenvalue weighted by Gasteiger charge is -2.22. The number of aliphatic hydroxyl groups is 1. The second-order valence-electron chi connectivity index (χ2n) is 4.56. The van der Waals surface area contributed by atoms with Gasteiger partial charge < -0.3 is 16.2 Å². The van der Waals surface area contributed by atoms with Gasteiger partial charge in [0, 0.05) is 18.3 Å². The number of sulfonamides is 1. The van der Waals surface area contributed by atoms with Gasteiger partial charge in [-0.2, -0.15) is 0 Å². The molecule has 6 nitrogen and oxygen atoms in total. The van der Waals surface area contributed by atoms with Gasteiger partial charge in [0.25, 0.3) is 0 Å². The minimum atomic E-state index is -3.58. The summed E-state index contributed by atoms with van der Waals surface area (Å²) < 4.78 is 26.1. The van der Waals surface area contributed by atoms with Crippen molar-refractivity contribution in [2.45, 2.75) is 24.8 Å². The highest BCUT2D eigenvalue weighted by Gasteiger charge is 2.19. The van der Waals surface area contributed by atoms with Crippen molar-refractivity contribution in [2.75, 3.05) is 24.7 Å². The number of nitrogens with two attached hydrogens (primary N) is 1. The number of hydrogen-bond donors (Lipinski definition) is 4. The maximum absolute atomic E-state index is 11.9. The minimum Gasteiger partial charge on any atom is -0.399 e. The summed E-state index contributed by atoms with van der Waals surface area (Å²) in [6, 6.07) is 4.59. The van der Waals surface area contributed by atoms with Crippen molar-refractivity contribution in [3.8, 4) is 0 Å². The molecule has 0 bridgehead atoms. The molecule has 1 aromatic carbocycles. The fourth-order valence-electron chi connectivity index (χ4n) is 1.54. The predicted octanol–water partition coefficient (Wildman–Crippen LogP) is 0.606. The Bertz CT molecular complexity index is 531. The van der Waals surface area contributed by atoms with Gasteiger partial charge in [0.05, 0.1) is 5.69 Å². The van der Waals surface area contributed by atoms with Crippen LogP contribution >= 0.6 is 0 Å². The van der Waals surface area contributed by atoms with Crippen LogP contribution in [-0.2, 0) is 10.0 Å². The van der Waals surface area contributed by atoms with Gasteiger partial charge in [-0.05, 0) is 38.1 Å². The molecule has 0 heterocycles. The zero-order valence-electron chi connectivity index (χ0n) is 11.3. The van der Waals surface area contributed by atoms with Crippen LogP contribution in [0.4, 0.5) is 11.4 Å². The molecule has 108 valence electrons. The third-order valence-corrected chi connectivity index (χ3v) is 4.54. The third kappa shape index (κ3) is 3.82. The van der Waals surface area contributed by atoms with Gasteiger partial charge in [-0.3, -0.25) is 0 Å². The molecule has 0 aromatic heterocycles. The van der Waals surface area contributed by atoms with E-state index in [1.54, 1.807) is 12.1 Å². The van der Waals surface area contributed by atoms with Gasteiger partial charge in [0.2, 0.25) is 10.0 Å². The lowest BCUT2D eigenvalue weighted by atomic mass is 10.0. The van der Waals surface area contributed by atoms with Crippen molar-refractivity contribution < 1.29 is 13.5 Å². The van der Waals surface area contributed by atoms with E-state index in [-0.39, 0.29) is 23.5 Å². The molecular formula is C12H21N3O3S. The maximum Gasteiger partial charge on any atom is 0.242 e. The van der Waals surface area contributed by atoms with Crippen molar-refractivity contribution in [1.82, 2.24) is 4.72 Å². The molecule has 2 unspecified atom stereocenters. The zero-order valence-corrected chi connectivity index (χ0v) is 12.2. The number of anilines is 2. The minimum absolute atomic E-state index is 0.00249.